The van der Waals surface area contributed by atoms with Gasteiger partial charge in [-0.2, -0.15) is 0 Å². The van der Waals surface area contributed by atoms with Crippen molar-refractivity contribution in [2.75, 3.05) is 39.5 Å². The molecule has 19 heavy (non-hydrogen) atoms. The van der Waals surface area contributed by atoms with Gasteiger partial charge < -0.3 is 25.6 Å². The molecule has 0 heterocycles. The van der Waals surface area contributed by atoms with Gasteiger partial charge in [0.25, 0.3) is 0 Å². The highest BCUT2D eigenvalue weighted by Crippen LogP contribution is 1.83. The second-order valence-corrected chi connectivity index (χ2v) is 3.37. The van der Waals surface area contributed by atoms with E-state index in [4.69, 9.17) is 25.8 Å². The molecule has 0 aromatic carbocycles. The van der Waals surface area contributed by atoms with E-state index in [-0.39, 0.29) is 39.5 Å². The van der Waals surface area contributed by atoms with Crippen molar-refractivity contribution in [2.24, 2.45) is 10.8 Å². The SMILES string of the molecule is [N-]=[N+]=NCC(N)C(=O)NCCOCCOCC(=O)O. The van der Waals surface area contributed by atoms with E-state index in [2.05, 4.69) is 15.3 Å². The Kier molecular flexibility index (Phi) is 10.1. The number of nitrogens with one attached hydrogen (secondary N) is 1. The van der Waals surface area contributed by atoms with Crippen LogP contribution in [0.15, 0.2) is 5.11 Å². The Morgan fingerprint density at radius 1 is 1.37 bits per heavy atom. The first-order valence-electron chi connectivity index (χ1n) is 5.49. The van der Waals surface area contributed by atoms with Crippen LogP contribution in [-0.4, -0.2) is 62.5 Å². The lowest BCUT2D eigenvalue weighted by Crippen LogP contribution is -2.43. The molecule has 0 bridgehead atoms. The number of nitrogens with zero attached hydrogens (tertiary/aromatic N) is 3. The van der Waals surface area contributed by atoms with Crippen LogP contribution >= 0.6 is 0 Å². The third-order valence-electron chi connectivity index (χ3n) is 1.82. The average Bonchev–Trinajstić information content (AvgIpc) is 2.38. The Labute approximate surface area is 109 Å². The van der Waals surface area contributed by atoms with Crippen molar-refractivity contribution >= 4 is 11.9 Å². The molecule has 10 heteroatoms. The third-order valence-corrected chi connectivity index (χ3v) is 1.82. The Balaban J connectivity index is 3.41. The highest BCUT2D eigenvalue weighted by molar-refractivity contribution is 5.81. The van der Waals surface area contributed by atoms with Crippen molar-refractivity contribution in [3.63, 3.8) is 0 Å². The van der Waals surface area contributed by atoms with Crippen LogP contribution in [0.3, 0.4) is 0 Å². The van der Waals surface area contributed by atoms with Crippen molar-refractivity contribution in [3.8, 4) is 0 Å². The zero-order chi connectivity index (χ0) is 14.5. The van der Waals surface area contributed by atoms with Crippen LogP contribution in [0.1, 0.15) is 0 Å². The maximum absolute atomic E-state index is 11.3. The second kappa shape index (κ2) is 11.2. The molecule has 0 aromatic heterocycles. The molecule has 0 aliphatic heterocycles. The van der Waals surface area contributed by atoms with Crippen LogP contribution in [0.25, 0.3) is 10.4 Å². The van der Waals surface area contributed by atoms with Gasteiger partial charge in [0, 0.05) is 18.0 Å². The highest BCUT2D eigenvalue weighted by atomic mass is 16.5. The van der Waals surface area contributed by atoms with Crippen molar-refractivity contribution in [3.05, 3.63) is 10.4 Å². The lowest BCUT2D eigenvalue weighted by atomic mass is 10.3. The predicted molar refractivity (Wildman–Crippen MR) is 64.3 cm³/mol. The maximum Gasteiger partial charge on any atom is 0.329 e. The van der Waals surface area contributed by atoms with E-state index in [9.17, 15) is 9.59 Å². The molecule has 10 nitrogen and oxygen atoms in total. The Bertz CT molecular complexity index is 331. The van der Waals surface area contributed by atoms with Crippen LogP contribution in [0.2, 0.25) is 0 Å². The van der Waals surface area contributed by atoms with Gasteiger partial charge in [-0.05, 0) is 5.53 Å². The molecule has 1 unspecified atom stereocenters. The van der Waals surface area contributed by atoms with Crippen molar-refractivity contribution < 1.29 is 24.2 Å². The van der Waals surface area contributed by atoms with Gasteiger partial charge in [0.1, 0.15) is 6.61 Å². The number of hydrogen-bond acceptors (Lipinski definition) is 6. The Hall–Kier alpha value is -1.87. The number of carbonyl (C=O) groups is 2. The molecular formula is C9H17N5O5. The molecule has 0 aromatic rings. The Morgan fingerprint density at radius 2 is 2.05 bits per heavy atom. The van der Waals surface area contributed by atoms with Gasteiger partial charge in [0.05, 0.1) is 25.9 Å². The van der Waals surface area contributed by atoms with E-state index >= 15 is 0 Å². The summed E-state index contributed by atoms with van der Waals surface area (Å²) in [7, 11) is 0. The fraction of sp³-hybridized carbons (Fsp3) is 0.778. The number of ether oxygens (including phenoxy) is 2. The number of nitrogens with two attached hydrogens (primary N) is 1. The predicted octanol–water partition coefficient (Wildman–Crippen LogP) is -1.14. The summed E-state index contributed by atoms with van der Waals surface area (Å²) in [5.74, 6) is -1.47. The molecule has 0 spiro atoms. The van der Waals surface area contributed by atoms with Gasteiger partial charge in [-0.15, -0.1) is 0 Å². The molecule has 0 aliphatic rings. The van der Waals surface area contributed by atoms with Crippen LogP contribution in [0.5, 0.6) is 0 Å². The van der Waals surface area contributed by atoms with Gasteiger partial charge in [-0.1, -0.05) is 5.11 Å². The summed E-state index contributed by atoms with van der Waals surface area (Å²) in [5, 5.41) is 14.0. The minimum absolute atomic E-state index is 0.105. The minimum Gasteiger partial charge on any atom is -0.480 e. The van der Waals surface area contributed by atoms with E-state index < -0.39 is 17.9 Å². The number of amides is 1. The van der Waals surface area contributed by atoms with Crippen LogP contribution in [0, 0.1) is 0 Å². The number of azide groups is 1. The van der Waals surface area contributed by atoms with Gasteiger partial charge in [0.2, 0.25) is 5.91 Å². The first-order valence-corrected chi connectivity index (χ1v) is 5.49. The van der Waals surface area contributed by atoms with Crippen molar-refractivity contribution in [1.29, 1.82) is 0 Å². The fourth-order valence-corrected chi connectivity index (χ4v) is 0.964. The van der Waals surface area contributed by atoms with E-state index in [0.29, 0.717) is 0 Å². The molecule has 0 aliphatic carbocycles. The van der Waals surface area contributed by atoms with E-state index in [1.807, 2.05) is 0 Å². The van der Waals surface area contributed by atoms with E-state index in [0.717, 1.165) is 0 Å². The first-order chi connectivity index (χ1) is 9.07. The topological polar surface area (TPSA) is 160 Å². The average molecular weight is 275 g/mol. The molecular weight excluding hydrogens is 258 g/mol. The lowest BCUT2D eigenvalue weighted by molar-refractivity contribution is -0.142. The molecule has 1 atom stereocenters. The highest BCUT2D eigenvalue weighted by Gasteiger charge is 2.10. The molecule has 0 saturated carbocycles. The van der Waals surface area contributed by atoms with Gasteiger partial charge in [-0.25, -0.2) is 4.79 Å². The van der Waals surface area contributed by atoms with E-state index in [1.165, 1.54) is 0 Å². The molecule has 4 N–H and O–H groups in total. The fourth-order valence-electron chi connectivity index (χ4n) is 0.964. The summed E-state index contributed by atoms with van der Waals surface area (Å²) in [6.07, 6.45) is 0. The minimum atomic E-state index is -1.04. The van der Waals surface area contributed by atoms with Crippen LogP contribution in [0.4, 0.5) is 0 Å². The largest absolute Gasteiger partial charge is 0.480 e. The van der Waals surface area contributed by atoms with Gasteiger partial charge >= 0.3 is 5.97 Å². The molecule has 0 saturated heterocycles. The van der Waals surface area contributed by atoms with Crippen molar-refractivity contribution in [1.82, 2.24) is 5.32 Å². The number of hydrogen-bond donors (Lipinski definition) is 3. The molecule has 0 fully saturated rings. The standard InChI is InChI=1S/C9H17N5O5/c10-7(5-13-14-11)9(17)12-1-2-18-3-4-19-6-8(15)16/h7H,1-6,10H2,(H,12,17)(H,15,16). The zero-order valence-electron chi connectivity index (χ0n) is 10.3. The summed E-state index contributed by atoms with van der Waals surface area (Å²) >= 11 is 0. The smallest absolute Gasteiger partial charge is 0.329 e. The van der Waals surface area contributed by atoms with Gasteiger partial charge in [0.15, 0.2) is 0 Å². The molecule has 1 amide bonds. The number of aliphatic carboxylic acids is 1. The number of carboxylic acid groups (broad SMARTS) is 1. The number of rotatable bonds is 11. The zero-order valence-corrected chi connectivity index (χ0v) is 10.3. The lowest BCUT2D eigenvalue weighted by Gasteiger charge is -2.10. The summed E-state index contributed by atoms with van der Waals surface area (Å²) in [5.41, 5.74) is 13.5. The van der Waals surface area contributed by atoms with E-state index in [1.54, 1.807) is 0 Å². The van der Waals surface area contributed by atoms with Crippen molar-refractivity contribution in [2.45, 2.75) is 6.04 Å². The summed E-state index contributed by atoms with van der Waals surface area (Å²) in [6.45, 7) is 0.420. The maximum atomic E-state index is 11.3. The molecule has 108 valence electrons. The second-order valence-electron chi connectivity index (χ2n) is 3.37. The van der Waals surface area contributed by atoms with Crippen LogP contribution in [-0.2, 0) is 19.1 Å². The monoisotopic (exact) mass is 275 g/mol. The Morgan fingerprint density at radius 3 is 2.68 bits per heavy atom. The van der Waals surface area contributed by atoms with Crippen LogP contribution < -0.4 is 11.1 Å². The number of carboxylic acids is 1. The third kappa shape index (κ3) is 11.0. The molecule has 0 radical (unpaired) electrons. The normalized spacial score (nSPS) is 11.4. The quantitative estimate of drug-likeness (QED) is 0.187. The summed E-state index contributed by atoms with van der Waals surface area (Å²) < 4.78 is 9.80. The summed E-state index contributed by atoms with van der Waals surface area (Å²) in [4.78, 5) is 23.9. The number of carbonyl (C=O) groups excluding carboxylic acids is 1. The summed E-state index contributed by atoms with van der Waals surface area (Å²) in [6, 6.07) is -0.880. The first kappa shape index (κ1) is 17.1. The molecule has 0 rings (SSSR count). The van der Waals surface area contributed by atoms with Gasteiger partial charge in [-0.3, -0.25) is 4.79 Å².